The lowest BCUT2D eigenvalue weighted by Crippen LogP contribution is -1.87. The Bertz CT molecular complexity index is 122. The van der Waals surface area contributed by atoms with Crippen LogP contribution in [0.2, 0.25) is 0 Å². The maximum atomic E-state index is 3.38. The highest BCUT2D eigenvalue weighted by Crippen LogP contribution is 2.11. The predicted octanol–water partition coefficient (Wildman–Crippen LogP) is 2.47. The number of alkyl halides is 1. The van der Waals surface area contributed by atoms with E-state index in [0.29, 0.717) is 0 Å². The van der Waals surface area contributed by atoms with Crippen LogP contribution in [0.4, 0.5) is 0 Å². The summed E-state index contributed by atoms with van der Waals surface area (Å²) in [6.45, 7) is 0. The van der Waals surface area contributed by atoms with Crippen LogP contribution < -0.4 is 0 Å². The first-order chi connectivity index (χ1) is 3.93. The minimum absolute atomic E-state index is 0.983. The summed E-state index contributed by atoms with van der Waals surface area (Å²) < 4.78 is 0. The molecule has 0 aliphatic heterocycles. The molecule has 0 bridgehead atoms. The SMILES string of the molecule is BrCC1=CC=CC[CH]1. The van der Waals surface area contributed by atoms with Crippen LogP contribution in [0, 0.1) is 6.42 Å². The minimum atomic E-state index is 0.983. The number of hydrogen-bond donors (Lipinski definition) is 0. The zero-order valence-electron chi connectivity index (χ0n) is 4.60. The van der Waals surface area contributed by atoms with Crippen molar-refractivity contribution in [2.45, 2.75) is 6.42 Å². The molecule has 0 N–H and O–H groups in total. The molecule has 1 radical (unpaired) electrons. The van der Waals surface area contributed by atoms with E-state index < -0.39 is 0 Å². The van der Waals surface area contributed by atoms with Crippen molar-refractivity contribution in [3.8, 4) is 0 Å². The minimum Gasteiger partial charge on any atom is -0.0880 e. The van der Waals surface area contributed by atoms with Crippen LogP contribution in [0.5, 0.6) is 0 Å². The van der Waals surface area contributed by atoms with Gasteiger partial charge in [-0.2, -0.15) is 0 Å². The third-order valence-electron chi connectivity index (χ3n) is 1.12. The summed E-state index contributed by atoms with van der Waals surface area (Å²) in [7, 11) is 0. The second-order valence-electron chi connectivity index (χ2n) is 1.74. The van der Waals surface area contributed by atoms with Gasteiger partial charge in [0.2, 0.25) is 0 Å². The summed E-state index contributed by atoms with van der Waals surface area (Å²) in [6, 6.07) is 0. The quantitative estimate of drug-likeness (QED) is 0.533. The molecule has 0 atom stereocenters. The van der Waals surface area contributed by atoms with Crippen LogP contribution in [0.3, 0.4) is 0 Å². The Morgan fingerprint density at radius 3 is 2.88 bits per heavy atom. The second kappa shape index (κ2) is 3.08. The largest absolute Gasteiger partial charge is 0.0880 e. The average molecular weight is 172 g/mol. The maximum Gasteiger partial charge on any atom is 0.0248 e. The number of allylic oxidation sites excluding steroid dienone is 4. The Kier molecular flexibility index (Phi) is 2.34. The molecule has 0 aromatic carbocycles. The maximum absolute atomic E-state index is 3.38. The molecular formula is C7H8Br. The van der Waals surface area contributed by atoms with Gasteiger partial charge in [-0.25, -0.2) is 0 Å². The molecule has 0 fully saturated rings. The van der Waals surface area contributed by atoms with E-state index >= 15 is 0 Å². The van der Waals surface area contributed by atoms with Crippen molar-refractivity contribution in [3.05, 3.63) is 30.2 Å². The third kappa shape index (κ3) is 1.48. The molecule has 0 saturated heterocycles. The molecule has 0 amide bonds. The van der Waals surface area contributed by atoms with Crippen LogP contribution in [-0.4, -0.2) is 5.33 Å². The molecule has 1 rings (SSSR count). The molecule has 0 aromatic heterocycles. The molecule has 0 nitrogen and oxygen atoms in total. The predicted molar refractivity (Wildman–Crippen MR) is 39.9 cm³/mol. The van der Waals surface area contributed by atoms with Gasteiger partial charge in [-0.3, -0.25) is 0 Å². The van der Waals surface area contributed by atoms with Gasteiger partial charge in [-0.05, 0) is 12.8 Å². The first kappa shape index (κ1) is 6.09. The van der Waals surface area contributed by atoms with Gasteiger partial charge in [0.15, 0.2) is 0 Å². The molecule has 0 heterocycles. The lowest BCUT2D eigenvalue weighted by molar-refractivity contribution is 1.19. The van der Waals surface area contributed by atoms with E-state index in [1.165, 1.54) is 5.57 Å². The van der Waals surface area contributed by atoms with Crippen LogP contribution in [0.25, 0.3) is 0 Å². The first-order valence-electron chi connectivity index (χ1n) is 2.68. The molecule has 1 aliphatic carbocycles. The molecular weight excluding hydrogens is 164 g/mol. The van der Waals surface area contributed by atoms with Gasteiger partial charge in [0, 0.05) is 5.33 Å². The molecule has 0 unspecified atom stereocenters. The van der Waals surface area contributed by atoms with Crippen molar-refractivity contribution < 1.29 is 0 Å². The smallest absolute Gasteiger partial charge is 0.0248 e. The lowest BCUT2D eigenvalue weighted by atomic mass is 10.1. The fourth-order valence-corrected chi connectivity index (χ4v) is 1.07. The van der Waals surface area contributed by atoms with Gasteiger partial charge in [-0.1, -0.05) is 39.7 Å². The lowest BCUT2D eigenvalue weighted by Gasteiger charge is -2.01. The van der Waals surface area contributed by atoms with Crippen molar-refractivity contribution in [2.75, 3.05) is 5.33 Å². The molecule has 0 saturated carbocycles. The normalized spacial score (nSPS) is 18.4. The Hall–Kier alpha value is -0.0400. The molecule has 1 aliphatic rings. The van der Waals surface area contributed by atoms with Gasteiger partial charge in [0.25, 0.3) is 0 Å². The summed E-state index contributed by atoms with van der Waals surface area (Å²) in [5, 5.41) is 0.983. The average Bonchev–Trinajstić information content (AvgIpc) is 1.90. The van der Waals surface area contributed by atoms with Crippen LogP contribution >= 0.6 is 15.9 Å². The summed E-state index contributed by atoms with van der Waals surface area (Å²) in [6.07, 6.45) is 9.67. The molecule has 8 heavy (non-hydrogen) atoms. The third-order valence-corrected chi connectivity index (χ3v) is 1.76. The van der Waals surface area contributed by atoms with Crippen LogP contribution in [-0.2, 0) is 0 Å². The van der Waals surface area contributed by atoms with Crippen molar-refractivity contribution in [2.24, 2.45) is 0 Å². The summed E-state index contributed by atoms with van der Waals surface area (Å²) in [5.41, 5.74) is 1.38. The Balaban J connectivity index is 2.50. The molecule has 0 spiro atoms. The molecule has 1 heteroatoms. The zero-order valence-corrected chi connectivity index (χ0v) is 6.19. The van der Waals surface area contributed by atoms with Crippen LogP contribution in [0.15, 0.2) is 23.8 Å². The van der Waals surface area contributed by atoms with Gasteiger partial charge < -0.3 is 0 Å². The summed E-state index contributed by atoms with van der Waals surface area (Å²) >= 11 is 3.38. The number of rotatable bonds is 1. The monoisotopic (exact) mass is 171 g/mol. The van der Waals surface area contributed by atoms with Gasteiger partial charge >= 0.3 is 0 Å². The highest BCUT2D eigenvalue weighted by molar-refractivity contribution is 9.09. The highest BCUT2D eigenvalue weighted by Gasteiger charge is 1.94. The van der Waals surface area contributed by atoms with E-state index in [2.05, 4.69) is 40.6 Å². The molecule has 43 valence electrons. The van der Waals surface area contributed by atoms with Gasteiger partial charge in [-0.15, -0.1) is 0 Å². The van der Waals surface area contributed by atoms with Crippen LogP contribution in [0.1, 0.15) is 6.42 Å². The Morgan fingerprint density at radius 2 is 2.50 bits per heavy atom. The van der Waals surface area contributed by atoms with Crippen molar-refractivity contribution in [1.29, 1.82) is 0 Å². The van der Waals surface area contributed by atoms with E-state index in [4.69, 9.17) is 0 Å². The topological polar surface area (TPSA) is 0 Å². The zero-order chi connectivity index (χ0) is 5.82. The van der Waals surface area contributed by atoms with E-state index in [-0.39, 0.29) is 0 Å². The van der Waals surface area contributed by atoms with Crippen molar-refractivity contribution in [1.82, 2.24) is 0 Å². The van der Waals surface area contributed by atoms with E-state index in [9.17, 15) is 0 Å². The standard InChI is InChI=1S/C7H8Br/c8-6-7-4-2-1-3-5-7/h1-2,4-5H,3,6H2. The Morgan fingerprint density at radius 1 is 1.62 bits per heavy atom. The highest BCUT2D eigenvalue weighted by atomic mass is 79.9. The number of hydrogen-bond acceptors (Lipinski definition) is 0. The molecule has 0 aromatic rings. The second-order valence-corrected chi connectivity index (χ2v) is 2.30. The van der Waals surface area contributed by atoms with Gasteiger partial charge in [0.05, 0.1) is 0 Å². The van der Waals surface area contributed by atoms with Crippen molar-refractivity contribution >= 4 is 15.9 Å². The van der Waals surface area contributed by atoms with Crippen molar-refractivity contribution in [3.63, 3.8) is 0 Å². The fourth-order valence-electron chi connectivity index (χ4n) is 0.657. The first-order valence-corrected chi connectivity index (χ1v) is 3.80. The number of halogens is 1. The van der Waals surface area contributed by atoms with E-state index in [1.54, 1.807) is 0 Å². The van der Waals surface area contributed by atoms with Gasteiger partial charge in [0.1, 0.15) is 0 Å². The Labute approximate surface area is 58.4 Å². The summed E-state index contributed by atoms with van der Waals surface area (Å²) in [5.74, 6) is 0. The van der Waals surface area contributed by atoms with E-state index in [1.807, 2.05) is 0 Å². The fraction of sp³-hybridized carbons (Fsp3) is 0.286. The summed E-state index contributed by atoms with van der Waals surface area (Å²) in [4.78, 5) is 0. The van der Waals surface area contributed by atoms with E-state index in [0.717, 1.165) is 11.8 Å².